The fourth-order valence-corrected chi connectivity index (χ4v) is 1.69. The van der Waals surface area contributed by atoms with Gasteiger partial charge in [-0.2, -0.15) is 0 Å². The van der Waals surface area contributed by atoms with Crippen LogP contribution in [-0.2, 0) is 13.6 Å². The number of aromatic nitrogens is 1. The lowest BCUT2D eigenvalue weighted by molar-refractivity contribution is 0.232. The number of amides is 1. The highest BCUT2D eigenvalue weighted by Crippen LogP contribution is 2.15. The first-order valence-corrected chi connectivity index (χ1v) is 5.46. The first-order valence-electron chi connectivity index (χ1n) is 5.01. The molecular weight excluding hydrogens is 240 g/mol. The second-order valence-electron chi connectivity index (χ2n) is 3.87. The van der Waals surface area contributed by atoms with Gasteiger partial charge in [-0.1, -0.05) is 18.7 Å². The summed E-state index contributed by atoms with van der Waals surface area (Å²) in [6.45, 7) is 0.427. The summed E-state index contributed by atoms with van der Waals surface area (Å²) in [5.74, 6) is -0.393. The largest absolute Gasteiger partial charge is 0.419 e. The number of benzene rings is 1. The number of nitrogens with zero attached hydrogens (tertiary/aromatic N) is 2. The summed E-state index contributed by atoms with van der Waals surface area (Å²) in [6, 6.07) is 5.40. The van der Waals surface area contributed by atoms with Crippen molar-refractivity contribution in [1.82, 2.24) is 9.47 Å². The molecule has 1 aromatic carbocycles. The molecule has 0 aliphatic rings. The molecule has 17 heavy (non-hydrogen) atoms. The molecule has 2 aromatic rings. The third-order valence-corrected chi connectivity index (χ3v) is 2.94. The normalized spacial score (nSPS) is 10.8. The van der Waals surface area contributed by atoms with Gasteiger partial charge in [0.25, 0.3) is 5.24 Å². The SMILES string of the molecule is CN(Cc1ccc2c(c1)oc(=O)n2C)C(=O)S. The van der Waals surface area contributed by atoms with Crippen molar-refractivity contribution < 1.29 is 9.21 Å². The maximum absolute atomic E-state index is 11.3. The molecule has 90 valence electrons. The Kier molecular flexibility index (Phi) is 2.97. The van der Waals surface area contributed by atoms with E-state index in [9.17, 15) is 9.59 Å². The Labute approximate surface area is 103 Å². The minimum atomic E-state index is -0.393. The molecule has 0 saturated heterocycles. The average Bonchev–Trinajstić information content (AvgIpc) is 2.54. The molecule has 0 radical (unpaired) electrons. The topological polar surface area (TPSA) is 55.5 Å². The van der Waals surface area contributed by atoms with E-state index in [1.165, 1.54) is 9.47 Å². The number of fused-ring (bicyclic) bond motifs is 1. The summed E-state index contributed by atoms with van der Waals surface area (Å²) in [5, 5.41) is -0.306. The predicted molar refractivity (Wildman–Crippen MR) is 67.3 cm³/mol. The van der Waals surface area contributed by atoms with Crippen LogP contribution < -0.4 is 5.76 Å². The van der Waals surface area contributed by atoms with Crippen molar-refractivity contribution in [3.8, 4) is 0 Å². The van der Waals surface area contributed by atoms with Crippen LogP contribution in [0.1, 0.15) is 5.56 Å². The summed E-state index contributed by atoms with van der Waals surface area (Å²) in [6.07, 6.45) is 0. The Hall–Kier alpha value is -1.69. The minimum Gasteiger partial charge on any atom is -0.408 e. The number of carbonyl (C=O) groups excluding carboxylic acids is 1. The van der Waals surface area contributed by atoms with E-state index >= 15 is 0 Å². The zero-order valence-corrected chi connectivity index (χ0v) is 10.4. The zero-order chi connectivity index (χ0) is 12.6. The van der Waals surface area contributed by atoms with Crippen LogP contribution in [0.15, 0.2) is 27.4 Å². The minimum absolute atomic E-state index is 0.306. The summed E-state index contributed by atoms with van der Waals surface area (Å²) < 4.78 is 6.50. The molecule has 0 bridgehead atoms. The standard InChI is InChI=1S/C11H12N2O3S/c1-12(11(15)17)6-7-3-4-8-9(5-7)16-10(14)13(8)2/h3-5H,6H2,1-2H3,(H,15,17). The van der Waals surface area contributed by atoms with E-state index in [-0.39, 0.29) is 5.24 Å². The van der Waals surface area contributed by atoms with Crippen LogP contribution >= 0.6 is 12.6 Å². The van der Waals surface area contributed by atoms with Gasteiger partial charge in [0.2, 0.25) is 0 Å². The van der Waals surface area contributed by atoms with Gasteiger partial charge in [-0.3, -0.25) is 9.36 Å². The van der Waals surface area contributed by atoms with Gasteiger partial charge < -0.3 is 9.32 Å². The third-order valence-electron chi connectivity index (χ3n) is 2.60. The lowest BCUT2D eigenvalue weighted by Gasteiger charge is -2.13. The molecule has 0 saturated carbocycles. The summed E-state index contributed by atoms with van der Waals surface area (Å²) >= 11 is 3.73. The smallest absolute Gasteiger partial charge is 0.408 e. The highest BCUT2D eigenvalue weighted by molar-refractivity contribution is 7.96. The Balaban J connectivity index is 2.38. The van der Waals surface area contributed by atoms with Crippen LogP contribution in [0.5, 0.6) is 0 Å². The molecule has 1 heterocycles. The van der Waals surface area contributed by atoms with Crippen molar-refractivity contribution in [2.24, 2.45) is 7.05 Å². The first kappa shape index (κ1) is 11.8. The third kappa shape index (κ3) is 2.21. The fourth-order valence-electron chi connectivity index (χ4n) is 1.62. The number of hydrogen-bond acceptors (Lipinski definition) is 3. The predicted octanol–water partition coefficient (Wildman–Crippen LogP) is 1.61. The van der Waals surface area contributed by atoms with E-state index in [0.29, 0.717) is 12.1 Å². The van der Waals surface area contributed by atoms with Gasteiger partial charge in [0, 0.05) is 20.6 Å². The van der Waals surface area contributed by atoms with Crippen molar-refractivity contribution in [2.45, 2.75) is 6.54 Å². The molecular formula is C11H12N2O3S. The van der Waals surface area contributed by atoms with Gasteiger partial charge in [-0.25, -0.2) is 4.79 Å². The lowest BCUT2D eigenvalue weighted by Crippen LogP contribution is -2.20. The van der Waals surface area contributed by atoms with E-state index in [1.807, 2.05) is 6.07 Å². The van der Waals surface area contributed by atoms with Crippen molar-refractivity contribution in [2.75, 3.05) is 7.05 Å². The molecule has 0 aliphatic heterocycles. The molecule has 6 heteroatoms. The second kappa shape index (κ2) is 4.29. The Morgan fingerprint density at radius 1 is 1.53 bits per heavy atom. The van der Waals surface area contributed by atoms with E-state index in [2.05, 4.69) is 12.6 Å². The van der Waals surface area contributed by atoms with E-state index in [0.717, 1.165) is 11.1 Å². The van der Waals surface area contributed by atoms with Crippen LogP contribution in [0.4, 0.5) is 4.79 Å². The Morgan fingerprint density at radius 3 is 2.88 bits per heavy atom. The van der Waals surface area contributed by atoms with Gasteiger partial charge in [0.1, 0.15) is 0 Å². The molecule has 0 fully saturated rings. The average molecular weight is 252 g/mol. The van der Waals surface area contributed by atoms with Gasteiger partial charge in [0.15, 0.2) is 5.58 Å². The molecule has 1 aromatic heterocycles. The summed E-state index contributed by atoms with van der Waals surface area (Å²) in [7, 11) is 3.30. The van der Waals surface area contributed by atoms with Crippen molar-refractivity contribution in [1.29, 1.82) is 0 Å². The zero-order valence-electron chi connectivity index (χ0n) is 9.51. The highest BCUT2D eigenvalue weighted by atomic mass is 32.1. The first-order chi connectivity index (χ1) is 7.99. The molecule has 0 atom stereocenters. The van der Waals surface area contributed by atoms with E-state index in [1.54, 1.807) is 26.2 Å². The van der Waals surface area contributed by atoms with Crippen LogP contribution in [0, 0.1) is 0 Å². The molecule has 0 unspecified atom stereocenters. The summed E-state index contributed by atoms with van der Waals surface area (Å²) in [5.41, 5.74) is 2.14. The number of carbonyl (C=O) groups is 1. The van der Waals surface area contributed by atoms with Crippen LogP contribution in [-0.4, -0.2) is 21.8 Å². The van der Waals surface area contributed by atoms with Crippen LogP contribution in [0.3, 0.4) is 0 Å². The van der Waals surface area contributed by atoms with Crippen molar-refractivity contribution in [3.63, 3.8) is 0 Å². The number of hydrogen-bond donors (Lipinski definition) is 1. The molecule has 0 aliphatic carbocycles. The molecule has 0 N–H and O–H groups in total. The number of oxazole rings is 1. The number of thiol groups is 1. The van der Waals surface area contributed by atoms with Crippen molar-refractivity contribution >= 4 is 29.0 Å². The Morgan fingerprint density at radius 2 is 2.24 bits per heavy atom. The summed E-state index contributed by atoms with van der Waals surface area (Å²) in [4.78, 5) is 23.7. The van der Waals surface area contributed by atoms with Gasteiger partial charge >= 0.3 is 5.76 Å². The van der Waals surface area contributed by atoms with Crippen LogP contribution in [0.25, 0.3) is 11.1 Å². The van der Waals surface area contributed by atoms with E-state index in [4.69, 9.17) is 4.42 Å². The quantitative estimate of drug-likeness (QED) is 0.826. The van der Waals surface area contributed by atoms with Crippen molar-refractivity contribution in [3.05, 3.63) is 34.3 Å². The monoisotopic (exact) mass is 252 g/mol. The molecule has 2 rings (SSSR count). The van der Waals surface area contributed by atoms with Crippen LogP contribution in [0.2, 0.25) is 0 Å². The molecule has 0 spiro atoms. The van der Waals surface area contributed by atoms with Gasteiger partial charge in [-0.05, 0) is 17.7 Å². The maximum Gasteiger partial charge on any atom is 0.419 e. The fraction of sp³-hybridized carbons (Fsp3) is 0.273. The van der Waals surface area contributed by atoms with Gasteiger partial charge in [-0.15, -0.1) is 0 Å². The van der Waals surface area contributed by atoms with Gasteiger partial charge in [0.05, 0.1) is 5.52 Å². The maximum atomic E-state index is 11.3. The highest BCUT2D eigenvalue weighted by Gasteiger charge is 2.08. The molecule has 1 amide bonds. The second-order valence-corrected chi connectivity index (χ2v) is 4.25. The van der Waals surface area contributed by atoms with E-state index < -0.39 is 5.76 Å². The number of rotatable bonds is 2. The molecule has 5 nitrogen and oxygen atoms in total. The lowest BCUT2D eigenvalue weighted by atomic mass is 10.2. The Bertz CT molecular complexity index is 629. The number of aryl methyl sites for hydroxylation is 1.